The molecule has 3 nitrogen and oxygen atoms in total. The molecule has 1 saturated heterocycles. The van der Waals surface area contributed by atoms with Crippen molar-refractivity contribution in [2.45, 2.75) is 18.1 Å². The zero-order chi connectivity index (χ0) is 14.4. The van der Waals surface area contributed by atoms with Crippen molar-refractivity contribution < 1.29 is 0 Å². The van der Waals surface area contributed by atoms with Gasteiger partial charge in [0.05, 0.1) is 11.2 Å². The number of nitrogens with one attached hydrogen (secondary N) is 2. The van der Waals surface area contributed by atoms with Crippen molar-refractivity contribution in [3.63, 3.8) is 0 Å². The summed E-state index contributed by atoms with van der Waals surface area (Å²) in [7, 11) is 2.10. The summed E-state index contributed by atoms with van der Waals surface area (Å²) in [5.74, 6) is 0. The molecule has 2 aromatic rings. The predicted octanol–water partition coefficient (Wildman–Crippen LogP) is 3.75. The van der Waals surface area contributed by atoms with Gasteiger partial charge in [-0.3, -0.25) is 0 Å². The van der Waals surface area contributed by atoms with Gasteiger partial charge in [-0.25, -0.2) is 0 Å². The molecule has 0 unspecified atom stereocenters. The van der Waals surface area contributed by atoms with E-state index in [0.29, 0.717) is 0 Å². The number of fused-ring (bicyclic) bond motifs is 1. The average Bonchev–Trinajstić information content (AvgIpc) is 2.90. The minimum atomic E-state index is 0.724. The summed E-state index contributed by atoms with van der Waals surface area (Å²) in [6, 6.07) is 8.61. The normalized spacial score (nSPS) is 15.8. The minimum Gasteiger partial charge on any atom is -0.349 e. The number of rotatable bonds is 3. The zero-order valence-corrected chi connectivity index (χ0v) is 14.1. The highest BCUT2D eigenvalue weighted by molar-refractivity contribution is 8.59. The summed E-state index contributed by atoms with van der Waals surface area (Å²) in [5, 5.41) is 5.43. The second-order valence-corrected chi connectivity index (χ2v) is 5.95. The molecular formula is C14H21N3S3. The zero-order valence-electron chi connectivity index (χ0n) is 11.5. The van der Waals surface area contributed by atoms with Crippen LogP contribution >= 0.6 is 35.3 Å². The van der Waals surface area contributed by atoms with E-state index in [1.54, 1.807) is 0 Å². The van der Waals surface area contributed by atoms with Crippen LogP contribution in [0.2, 0.25) is 0 Å². The van der Waals surface area contributed by atoms with Gasteiger partial charge in [0.15, 0.2) is 0 Å². The van der Waals surface area contributed by atoms with Gasteiger partial charge in [0.25, 0.3) is 0 Å². The quantitative estimate of drug-likeness (QED) is 0.393. The molecule has 1 aliphatic heterocycles. The first-order chi connectivity index (χ1) is 9.84. The van der Waals surface area contributed by atoms with Crippen LogP contribution in [0, 0.1) is 0 Å². The maximum Gasteiger partial charge on any atom is 0.0721 e. The average molecular weight is 328 g/mol. The molecule has 110 valence electrons. The molecule has 1 fully saturated rings. The van der Waals surface area contributed by atoms with E-state index in [-0.39, 0.29) is 0 Å². The molecule has 20 heavy (non-hydrogen) atoms. The molecular weight excluding hydrogens is 306 g/mol. The summed E-state index contributed by atoms with van der Waals surface area (Å²) in [5.41, 5.74) is 2.52. The third-order valence-corrected chi connectivity index (χ3v) is 4.66. The number of nitrogens with zero attached hydrogens (tertiary/aromatic N) is 1. The van der Waals surface area contributed by atoms with E-state index >= 15 is 0 Å². The number of hydrogen-bond acceptors (Lipinski definition) is 5. The summed E-state index contributed by atoms with van der Waals surface area (Å²) < 4.78 is 5.73. The van der Waals surface area contributed by atoms with Crippen LogP contribution in [0.3, 0.4) is 0 Å². The van der Waals surface area contributed by atoms with Crippen molar-refractivity contribution in [2.24, 2.45) is 7.05 Å². The van der Waals surface area contributed by atoms with E-state index < -0.39 is 0 Å². The van der Waals surface area contributed by atoms with Gasteiger partial charge >= 0.3 is 0 Å². The Kier molecular flexibility index (Phi) is 6.48. The van der Waals surface area contributed by atoms with Gasteiger partial charge in [-0.2, -0.15) is 0 Å². The van der Waals surface area contributed by atoms with Crippen LogP contribution in [0.5, 0.6) is 0 Å². The summed E-state index contributed by atoms with van der Waals surface area (Å²) in [6.45, 7) is 2.29. The number of aromatic nitrogens is 1. The summed E-state index contributed by atoms with van der Waals surface area (Å²) >= 11 is 8.32. The number of thiol groups is 2. The van der Waals surface area contributed by atoms with Crippen molar-refractivity contribution >= 4 is 51.9 Å². The van der Waals surface area contributed by atoms with Crippen LogP contribution in [0.1, 0.15) is 12.8 Å². The molecule has 3 rings (SSSR count). The van der Waals surface area contributed by atoms with E-state index in [1.165, 1.54) is 29.4 Å². The Balaban J connectivity index is 0.000000704. The van der Waals surface area contributed by atoms with Crippen molar-refractivity contribution in [3.8, 4) is 0 Å². The topological polar surface area (TPSA) is 29.0 Å². The van der Waals surface area contributed by atoms with E-state index in [1.807, 2.05) is 11.9 Å². The predicted molar refractivity (Wildman–Crippen MR) is 98.0 cm³/mol. The van der Waals surface area contributed by atoms with Crippen molar-refractivity contribution in [1.82, 2.24) is 9.88 Å². The monoisotopic (exact) mass is 327 g/mol. The molecule has 1 aromatic heterocycles. The molecule has 1 aromatic carbocycles. The number of anilines is 1. The molecule has 0 saturated carbocycles. The molecule has 2 heterocycles. The van der Waals surface area contributed by atoms with Gasteiger partial charge in [-0.1, -0.05) is 12.1 Å². The Morgan fingerprint density at radius 2 is 2.00 bits per heavy atom. The Morgan fingerprint density at radius 1 is 1.25 bits per heavy atom. The molecule has 0 bridgehead atoms. The molecule has 2 N–H and O–H groups in total. The summed E-state index contributed by atoms with van der Waals surface area (Å²) in [4.78, 5) is 0. The summed E-state index contributed by atoms with van der Waals surface area (Å²) in [6.07, 6.45) is 4.62. The third-order valence-electron chi connectivity index (χ3n) is 3.52. The fourth-order valence-corrected chi connectivity index (χ4v) is 3.43. The van der Waals surface area contributed by atoms with Crippen molar-refractivity contribution in [2.75, 3.05) is 17.8 Å². The Morgan fingerprint density at radius 3 is 2.75 bits per heavy atom. The van der Waals surface area contributed by atoms with E-state index in [9.17, 15) is 0 Å². The van der Waals surface area contributed by atoms with E-state index in [2.05, 4.69) is 75.4 Å². The van der Waals surface area contributed by atoms with E-state index in [0.717, 1.165) is 18.3 Å². The number of piperidine rings is 1. The highest BCUT2D eigenvalue weighted by Gasteiger charge is 2.14. The van der Waals surface area contributed by atoms with Gasteiger partial charge in [0, 0.05) is 23.9 Å². The first kappa shape index (κ1) is 15.9. The highest BCUT2D eigenvalue weighted by atomic mass is 33.1. The molecule has 0 spiro atoms. The number of hydrogen-bond donors (Lipinski definition) is 4. The van der Waals surface area contributed by atoms with Crippen LogP contribution in [0.4, 0.5) is 5.69 Å². The van der Waals surface area contributed by atoms with E-state index in [4.69, 9.17) is 0 Å². The molecule has 0 amide bonds. The van der Waals surface area contributed by atoms with Crippen LogP contribution in [-0.2, 0) is 7.05 Å². The number of aryl methyl sites for hydroxylation is 1. The lowest BCUT2D eigenvalue weighted by Crippen LogP contribution is -2.29. The van der Waals surface area contributed by atoms with Crippen molar-refractivity contribution in [3.05, 3.63) is 30.5 Å². The Bertz CT molecular complexity index is 535. The van der Waals surface area contributed by atoms with Crippen LogP contribution in [0.25, 0.3) is 10.9 Å². The third kappa shape index (κ3) is 3.81. The molecule has 0 aliphatic carbocycles. The minimum absolute atomic E-state index is 0.724. The molecule has 0 atom stereocenters. The first-order valence-corrected chi connectivity index (χ1v) is 9.19. The smallest absolute Gasteiger partial charge is 0.0721 e. The molecule has 6 heteroatoms. The largest absolute Gasteiger partial charge is 0.349 e. The number of para-hydroxylation sites is 1. The van der Waals surface area contributed by atoms with Crippen LogP contribution < -0.4 is 10.0 Å². The molecule has 1 aliphatic rings. The lowest BCUT2D eigenvalue weighted by molar-refractivity contribution is 0.532. The fraction of sp³-hybridized carbons (Fsp3) is 0.429. The lowest BCUT2D eigenvalue weighted by Gasteiger charge is -2.22. The molecule has 0 radical (unpaired) electrons. The standard InChI is InChI=1S/C14H19N3S.H2S2/c1-17-10-7-11-3-2-4-13(14(11)17)16-18-12-5-8-15-9-6-12;1-2/h2-4,7,10,12,15-16H,5-6,8-9H2,1H3;1-2H. The number of benzene rings is 1. The fourth-order valence-electron chi connectivity index (χ4n) is 2.50. The van der Waals surface area contributed by atoms with Crippen LogP contribution in [-0.4, -0.2) is 22.9 Å². The maximum atomic E-state index is 3.55. The van der Waals surface area contributed by atoms with Gasteiger partial charge < -0.3 is 14.6 Å². The highest BCUT2D eigenvalue weighted by Crippen LogP contribution is 2.28. The van der Waals surface area contributed by atoms with Crippen LogP contribution in [0.15, 0.2) is 30.5 Å². The van der Waals surface area contributed by atoms with Crippen molar-refractivity contribution in [1.29, 1.82) is 0 Å². The maximum absolute atomic E-state index is 3.55. The second kappa shape index (κ2) is 8.12. The van der Waals surface area contributed by atoms with Gasteiger partial charge in [0.1, 0.15) is 0 Å². The Labute approximate surface area is 135 Å². The van der Waals surface area contributed by atoms with Gasteiger partial charge in [-0.05, 0) is 50.0 Å². The lowest BCUT2D eigenvalue weighted by atomic mass is 10.2. The van der Waals surface area contributed by atoms with Gasteiger partial charge in [-0.15, -0.1) is 23.3 Å². The second-order valence-electron chi connectivity index (χ2n) is 4.84. The Hall–Kier alpha value is -0.430. The first-order valence-electron chi connectivity index (χ1n) is 6.71. The SMILES string of the molecule is Cn1ccc2cccc(NSC3CCNCC3)c21.SS. The van der Waals surface area contributed by atoms with Gasteiger partial charge in [0.2, 0.25) is 0 Å².